The van der Waals surface area contributed by atoms with Crippen molar-refractivity contribution in [2.45, 2.75) is 167 Å². The van der Waals surface area contributed by atoms with Crippen LogP contribution in [-0.2, 0) is 59.0 Å². The van der Waals surface area contributed by atoms with Gasteiger partial charge in [0.05, 0.1) is 24.8 Å². The van der Waals surface area contributed by atoms with Crippen LogP contribution in [0.25, 0.3) is 0 Å². The van der Waals surface area contributed by atoms with Crippen molar-refractivity contribution in [1.29, 1.82) is 0 Å². The number of hydrogen-bond donors (Lipinski definition) is 5. The van der Waals surface area contributed by atoms with E-state index in [1.807, 2.05) is 6.07 Å². The summed E-state index contributed by atoms with van der Waals surface area (Å²) >= 11 is 0. The summed E-state index contributed by atoms with van der Waals surface area (Å²) in [5.74, 6) is -5.01. The summed E-state index contributed by atoms with van der Waals surface area (Å²) in [7, 11) is 0. The maximum Gasteiger partial charge on any atom is 0.329 e. The summed E-state index contributed by atoms with van der Waals surface area (Å²) in [6.07, 6.45) is 0.310. The first kappa shape index (κ1) is 51.3. The Morgan fingerprint density at radius 3 is 1.92 bits per heavy atom. The lowest BCUT2D eigenvalue weighted by Gasteiger charge is -2.35. The van der Waals surface area contributed by atoms with Crippen molar-refractivity contribution < 1.29 is 52.6 Å². The lowest BCUT2D eigenvalue weighted by Crippen LogP contribution is -2.61. The number of nitrogens with one attached hydrogen (secondary N) is 4. The van der Waals surface area contributed by atoms with Crippen LogP contribution in [0.1, 0.15) is 113 Å². The van der Waals surface area contributed by atoms with E-state index in [-0.39, 0.29) is 45.3 Å². The smallest absolute Gasteiger partial charge is 0.329 e. The topological polar surface area (TPSA) is 245 Å². The molecule has 6 N–H and O–H groups in total. The minimum absolute atomic E-state index is 0.143. The largest absolute Gasteiger partial charge is 0.460 e. The lowest BCUT2D eigenvalue weighted by molar-refractivity contribution is -0.165. The number of carbonyl (C=O) groups is 8. The maximum atomic E-state index is 14.4. The number of esters is 2. The number of ether oxygens (including phenoxy) is 3. The highest BCUT2D eigenvalue weighted by Gasteiger charge is 2.43. The predicted molar refractivity (Wildman–Crippen MR) is 229 cm³/mol. The van der Waals surface area contributed by atoms with Crippen molar-refractivity contribution in [3.05, 3.63) is 35.9 Å². The van der Waals surface area contributed by atoms with E-state index in [1.54, 1.807) is 93.5 Å². The zero-order chi connectivity index (χ0) is 46.6. The van der Waals surface area contributed by atoms with Crippen molar-refractivity contribution in [2.75, 3.05) is 26.2 Å². The average Bonchev–Trinajstić information content (AvgIpc) is 3.86. The third-order valence-corrected chi connectivity index (χ3v) is 9.89. The van der Waals surface area contributed by atoms with Crippen molar-refractivity contribution in [2.24, 2.45) is 5.73 Å². The van der Waals surface area contributed by atoms with Gasteiger partial charge in [-0.3, -0.25) is 33.6 Å². The first-order chi connectivity index (χ1) is 28.8. The summed E-state index contributed by atoms with van der Waals surface area (Å²) in [5.41, 5.74) is 3.87. The number of carbonyl (C=O) groups excluding carboxylic acids is 8. The molecule has 18 nitrogen and oxygen atoms in total. The van der Waals surface area contributed by atoms with Gasteiger partial charge in [0.15, 0.2) is 0 Å². The van der Waals surface area contributed by atoms with Gasteiger partial charge in [-0.15, -0.1) is 0 Å². The average molecular weight is 872 g/mol. The van der Waals surface area contributed by atoms with Crippen LogP contribution >= 0.6 is 0 Å². The van der Waals surface area contributed by atoms with Crippen LogP contribution < -0.4 is 27.0 Å². The van der Waals surface area contributed by atoms with E-state index in [0.717, 1.165) is 5.56 Å². The number of nitrogens with two attached hydrogens (primary N) is 1. The predicted octanol–water partition coefficient (Wildman–Crippen LogP) is 1.41. The van der Waals surface area contributed by atoms with E-state index < -0.39 is 107 Å². The zero-order valence-electron chi connectivity index (χ0n) is 38.1. The molecule has 3 rings (SSSR count). The van der Waals surface area contributed by atoms with Crippen molar-refractivity contribution in [3.63, 3.8) is 0 Å². The number of likely N-dealkylation sites (tertiary alicyclic amines) is 2. The minimum Gasteiger partial charge on any atom is -0.460 e. The Bertz CT molecular complexity index is 1750. The van der Waals surface area contributed by atoms with Gasteiger partial charge in [0.1, 0.15) is 41.4 Å². The van der Waals surface area contributed by atoms with Gasteiger partial charge in [0.2, 0.25) is 35.4 Å². The third kappa shape index (κ3) is 16.6. The molecular formula is C44H69N7O11. The minimum atomic E-state index is -1.38. The summed E-state index contributed by atoms with van der Waals surface area (Å²) in [6, 6.07) is 3.34. The standard InChI is InChI=1S/C44H69N7O11/c1-27(60-42(2,3)4)36(40(58)51-23-15-19-32(51)41(59)62-44(8,9)10)49-38(56)29(20-21-35(54)61-43(5,6)7)48-39(57)31-18-14-22-50(31)34(53)26-46-37(55)30(47-33(52)25-45)24-28-16-12-11-13-17-28/h11-13,16-17,27,29-32,36H,14-15,18-26,45H2,1-10H3,(H,46,55)(H,47,52)(H,48,57)(H,49,56)/t27-,29+,30+,31+,32+,36+/m1/s1. The molecule has 62 heavy (non-hydrogen) atoms. The fraction of sp³-hybridized carbons (Fsp3) is 0.682. The van der Waals surface area contributed by atoms with Gasteiger partial charge in [-0.2, -0.15) is 0 Å². The molecule has 0 aliphatic carbocycles. The number of benzene rings is 1. The molecule has 0 saturated carbocycles. The summed E-state index contributed by atoms with van der Waals surface area (Å²) in [5, 5.41) is 10.6. The van der Waals surface area contributed by atoms with Crippen molar-refractivity contribution in [1.82, 2.24) is 31.1 Å². The highest BCUT2D eigenvalue weighted by molar-refractivity contribution is 5.97. The summed E-state index contributed by atoms with van der Waals surface area (Å²) in [4.78, 5) is 110. The molecule has 1 aromatic carbocycles. The molecule has 0 radical (unpaired) electrons. The highest BCUT2D eigenvalue weighted by Crippen LogP contribution is 2.25. The van der Waals surface area contributed by atoms with Crippen LogP contribution in [0.5, 0.6) is 0 Å². The fourth-order valence-corrected chi connectivity index (χ4v) is 7.31. The van der Waals surface area contributed by atoms with Crippen molar-refractivity contribution in [3.8, 4) is 0 Å². The Kier molecular flexibility index (Phi) is 18.4. The molecule has 0 aromatic heterocycles. The Morgan fingerprint density at radius 2 is 1.34 bits per heavy atom. The molecule has 346 valence electrons. The van der Waals surface area contributed by atoms with Crippen LogP contribution in [0, 0.1) is 0 Å². The van der Waals surface area contributed by atoms with Crippen LogP contribution in [0.15, 0.2) is 30.3 Å². The number of rotatable bonds is 18. The molecule has 1 aromatic rings. The molecule has 2 heterocycles. The van der Waals surface area contributed by atoms with Gasteiger partial charge in [0, 0.05) is 25.9 Å². The highest BCUT2D eigenvalue weighted by atomic mass is 16.6. The van der Waals surface area contributed by atoms with Gasteiger partial charge in [-0.05, 0) is 107 Å². The summed E-state index contributed by atoms with van der Waals surface area (Å²) < 4.78 is 17.2. The van der Waals surface area contributed by atoms with Crippen LogP contribution in [0.4, 0.5) is 0 Å². The Labute approximate surface area is 365 Å². The first-order valence-electron chi connectivity index (χ1n) is 21.4. The van der Waals surface area contributed by atoms with E-state index >= 15 is 0 Å². The molecule has 0 unspecified atom stereocenters. The van der Waals surface area contributed by atoms with Crippen LogP contribution in [0.2, 0.25) is 0 Å². The Morgan fingerprint density at radius 1 is 0.742 bits per heavy atom. The maximum absolute atomic E-state index is 14.4. The van der Waals surface area contributed by atoms with E-state index in [2.05, 4.69) is 21.3 Å². The monoisotopic (exact) mass is 872 g/mol. The van der Waals surface area contributed by atoms with Gasteiger partial charge in [-0.1, -0.05) is 30.3 Å². The first-order valence-corrected chi connectivity index (χ1v) is 21.4. The second-order valence-electron chi connectivity index (χ2n) is 18.8. The fourth-order valence-electron chi connectivity index (χ4n) is 7.31. The lowest BCUT2D eigenvalue weighted by atomic mass is 10.0. The second-order valence-corrected chi connectivity index (χ2v) is 18.8. The third-order valence-electron chi connectivity index (χ3n) is 9.89. The van der Waals surface area contributed by atoms with E-state index in [9.17, 15) is 38.4 Å². The molecule has 6 atom stereocenters. The SMILES string of the molecule is C[C@@H](OC(C)(C)C)[C@H](NC(=O)[C@H](CCC(=O)OC(C)(C)C)NC(=O)[C@@H]1CCCN1C(=O)CNC(=O)[C@H](Cc1ccccc1)NC(=O)CN)C(=O)N1CCC[C@H]1C(=O)OC(C)(C)C. The van der Waals surface area contributed by atoms with Crippen molar-refractivity contribution >= 4 is 47.4 Å². The Hall–Kier alpha value is -5.10. The molecule has 2 aliphatic heterocycles. The van der Waals surface area contributed by atoms with Gasteiger partial charge < -0.3 is 51.0 Å². The number of nitrogens with zero attached hydrogens (tertiary/aromatic N) is 2. The van der Waals surface area contributed by atoms with Gasteiger partial charge in [-0.25, -0.2) is 4.79 Å². The molecule has 2 saturated heterocycles. The number of amides is 6. The van der Waals surface area contributed by atoms with Gasteiger partial charge in [0.25, 0.3) is 0 Å². The molecule has 2 fully saturated rings. The Balaban J connectivity index is 1.83. The summed E-state index contributed by atoms with van der Waals surface area (Å²) in [6.45, 7) is 16.9. The van der Waals surface area contributed by atoms with Crippen LogP contribution in [-0.4, -0.2) is 136 Å². The quantitative estimate of drug-likeness (QED) is 0.132. The van der Waals surface area contributed by atoms with E-state index in [1.165, 1.54) is 9.80 Å². The van der Waals surface area contributed by atoms with E-state index in [0.29, 0.717) is 19.3 Å². The zero-order valence-corrected chi connectivity index (χ0v) is 38.1. The van der Waals surface area contributed by atoms with Crippen LogP contribution in [0.3, 0.4) is 0 Å². The molecule has 2 aliphatic rings. The molecule has 6 amide bonds. The van der Waals surface area contributed by atoms with Gasteiger partial charge >= 0.3 is 11.9 Å². The molecule has 0 bridgehead atoms. The second kappa shape index (κ2) is 22.3. The normalized spacial score (nSPS) is 18.8. The molecular weight excluding hydrogens is 803 g/mol. The van der Waals surface area contributed by atoms with E-state index in [4.69, 9.17) is 19.9 Å². The molecule has 18 heteroatoms. The number of hydrogen-bond acceptors (Lipinski definition) is 12. The molecule has 0 spiro atoms.